The van der Waals surface area contributed by atoms with Crippen LogP contribution in [0.15, 0.2) is 65.7 Å². The van der Waals surface area contributed by atoms with Crippen LogP contribution in [-0.2, 0) is 9.53 Å². The van der Waals surface area contributed by atoms with Crippen LogP contribution in [-0.4, -0.2) is 41.9 Å². The van der Waals surface area contributed by atoms with E-state index in [1.165, 1.54) is 11.8 Å². The topological polar surface area (TPSA) is 89.6 Å². The number of rotatable bonds is 7. The van der Waals surface area contributed by atoms with Crippen molar-refractivity contribution in [1.29, 1.82) is 0 Å². The summed E-state index contributed by atoms with van der Waals surface area (Å²) in [5.41, 5.74) is 6.13. The second-order valence-electron chi connectivity index (χ2n) is 7.06. The van der Waals surface area contributed by atoms with Gasteiger partial charge in [-0.25, -0.2) is 0 Å². The Hall–Kier alpha value is -3.10. The van der Waals surface area contributed by atoms with Crippen LogP contribution >= 0.6 is 11.8 Å². The van der Waals surface area contributed by atoms with E-state index in [-0.39, 0.29) is 17.8 Å². The van der Waals surface area contributed by atoms with Gasteiger partial charge in [0.25, 0.3) is 5.91 Å². The first-order chi connectivity index (χ1) is 15.2. The molecule has 8 heteroatoms. The lowest BCUT2D eigenvalue weighted by molar-refractivity contribution is -0.119. The minimum atomic E-state index is -0.437. The van der Waals surface area contributed by atoms with E-state index in [0.29, 0.717) is 17.9 Å². The van der Waals surface area contributed by atoms with Gasteiger partial charge in [0.2, 0.25) is 5.91 Å². The Balaban J connectivity index is 1.30. The van der Waals surface area contributed by atoms with E-state index >= 15 is 0 Å². The maximum absolute atomic E-state index is 12.6. The molecule has 1 aromatic heterocycles. The normalized spacial score (nSPS) is 15.5. The molecule has 0 unspecified atom stereocenters. The molecule has 2 N–H and O–H groups in total. The van der Waals surface area contributed by atoms with Gasteiger partial charge in [-0.3, -0.25) is 25.4 Å². The van der Waals surface area contributed by atoms with E-state index in [1.807, 2.05) is 30.3 Å². The molecule has 1 atom stereocenters. The first-order valence-corrected chi connectivity index (χ1v) is 11.1. The molecule has 0 spiro atoms. The Bertz CT molecular complexity index is 1060. The first-order valence-electron chi connectivity index (χ1n) is 10.1. The molecule has 0 aliphatic carbocycles. The van der Waals surface area contributed by atoms with E-state index in [9.17, 15) is 9.59 Å². The number of para-hydroxylation sites is 2. The number of nitrogens with one attached hydrogen (secondary N) is 2. The van der Waals surface area contributed by atoms with Gasteiger partial charge in [0.05, 0.1) is 22.9 Å². The molecule has 160 valence electrons. The van der Waals surface area contributed by atoms with Gasteiger partial charge in [0.15, 0.2) is 0 Å². The molecular weight excluding hydrogens is 414 g/mol. The number of ether oxygens (including phenoxy) is 2. The number of hydrazine groups is 1. The molecule has 2 heterocycles. The highest BCUT2D eigenvalue weighted by atomic mass is 32.2. The number of carbonyl (C=O) groups is 2. The zero-order valence-corrected chi connectivity index (χ0v) is 17.7. The smallest absolute Gasteiger partial charge is 0.273 e. The van der Waals surface area contributed by atoms with Crippen LogP contribution in [0.2, 0.25) is 0 Å². The highest BCUT2D eigenvalue weighted by Crippen LogP contribution is 2.26. The molecule has 7 nitrogen and oxygen atoms in total. The zero-order valence-electron chi connectivity index (χ0n) is 16.9. The second-order valence-corrected chi connectivity index (χ2v) is 8.08. The summed E-state index contributed by atoms with van der Waals surface area (Å²) >= 11 is 1.37. The Kier molecular flexibility index (Phi) is 7.01. The van der Waals surface area contributed by atoms with Crippen molar-refractivity contribution < 1.29 is 19.1 Å². The third-order valence-electron chi connectivity index (χ3n) is 4.85. The average Bonchev–Trinajstić information content (AvgIpc) is 3.34. The molecule has 31 heavy (non-hydrogen) atoms. The average molecular weight is 438 g/mol. The monoisotopic (exact) mass is 437 g/mol. The van der Waals surface area contributed by atoms with E-state index < -0.39 is 5.91 Å². The molecule has 1 aliphatic rings. The summed E-state index contributed by atoms with van der Waals surface area (Å²) in [5, 5.41) is 1.01. The van der Waals surface area contributed by atoms with Gasteiger partial charge in [-0.1, -0.05) is 30.3 Å². The minimum absolute atomic E-state index is 0.0522. The van der Waals surface area contributed by atoms with Crippen molar-refractivity contribution in [2.24, 2.45) is 0 Å². The van der Waals surface area contributed by atoms with Crippen LogP contribution < -0.4 is 15.6 Å². The van der Waals surface area contributed by atoms with E-state index in [0.717, 1.165) is 35.2 Å². The lowest BCUT2D eigenvalue weighted by Gasteiger charge is -2.14. The molecule has 2 amide bonds. The molecular formula is C23H23N3O4S. The standard InChI is InChI=1S/C23H23N3O4S/c27-21(15-31-20-11-3-6-16-7-4-12-24-22(16)20)25-26-23(28)18-9-1-2-10-19(18)30-14-17-8-5-13-29-17/h1-4,6-7,9-12,17H,5,8,13-15H2,(H,25,27)(H,26,28)/t17-/m0/s1. The Morgan fingerprint density at radius 3 is 2.84 bits per heavy atom. The number of thioether (sulfide) groups is 1. The van der Waals surface area contributed by atoms with Gasteiger partial charge in [-0.05, 0) is 37.1 Å². The van der Waals surface area contributed by atoms with Gasteiger partial charge in [0, 0.05) is 23.1 Å². The van der Waals surface area contributed by atoms with Crippen LogP contribution in [0.5, 0.6) is 5.75 Å². The van der Waals surface area contributed by atoms with Crippen molar-refractivity contribution in [1.82, 2.24) is 15.8 Å². The second kappa shape index (κ2) is 10.3. The number of hydrogen-bond acceptors (Lipinski definition) is 6. The fourth-order valence-corrected chi connectivity index (χ4v) is 4.15. The SMILES string of the molecule is O=C(CSc1cccc2cccnc12)NNC(=O)c1ccccc1OC[C@@H]1CCCO1. The highest BCUT2D eigenvalue weighted by molar-refractivity contribution is 8.00. The Labute approximate surface area is 184 Å². The molecule has 1 aliphatic heterocycles. The van der Waals surface area contributed by atoms with E-state index in [4.69, 9.17) is 9.47 Å². The van der Waals surface area contributed by atoms with Gasteiger partial charge < -0.3 is 9.47 Å². The summed E-state index contributed by atoms with van der Waals surface area (Å²) in [6.45, 7) is 1.14. The number of nitrogens with zero attached hydrogens (tertiary/aromatic N) is 1. The third kappa shape index (κ3) is 5.53. The molecule has 0 saturated carbocycles. The predicted octanol–water partition coefficient (Wildman–Crippen LogP) is 3.35. The van der Waals surface area contributed by atoms with Crippen molar-refractivity contribution in [2.75, 3.05) is 19.0 Å². The van der Waals surface area contributed by atoms with Gasteiger partial charge in [-0.15, -0.1) is 11.8 Å². The van der Waals surface area contributed by atoms with E-state index in [1.54, 1.807) is 30.5 Å². The number of hydrogen-bond donors (Lipinski definition) is 2. The number of carbonyl (C=O) groups excluding carboxylic acids is 2. The molecule has 4 rings (SSSR count). The fourth-order valence-electron chi connectivity index (χ4n) is 3.30. The molecule has 0 bridgehead atoms. The number of aromatic nitrogens is 1. The van der Waals surface area contributed by atoms with E-state index in [2.05, 4.69) is 15.8 Å². The van der Waals surface area contributed by atoms with Gasteiger partial charge >= 0.3 is 0 Å². The molecule has 1 saturated heterocycles. The number of fused-ring (bicyclic) bond motifs is 1. The maximum Gasteiger partial charge on any atom is 0.273 e. The Morgan fingerprint density at radius 2 is 1.97 bits per heavy atom. The van der Waals surface area contributed by atoms with Crippen molar-refractivity contribution in [3.8, 4) is 5.75 Å². The van der Waals surface area contributed by atoms with Crippen molar-refractivity contribution in [2.45, 2.75) is 23.8 Å². The largest absolute Gasteiger partial charge is 0.490 e. The number of amides is 2. The van der Waals surface area contributed by atoms with Crippen molar-refractivity contribution in [3.05, 3.63) is 66.4 Å². The zero-order chi connectivity index (χ0) is 21.5. The fraction of sp³-hybridized carbons (Fsp3) is 0.261. The molecule has 3 aromatic rings. The van der Waals surface area contributed by atoms with Crippen LogP contribution in [0, 0.1) is 0 Å². The number of pyridine rings is 1. The molecule has 2 aromatic carbocycles. The van der Waals surface area contributed by atoms with Crippen LogP contribution in [0.3, 0.4) is 0 Å². The maximum atomic E-state index is 12.6. The minimum Gasteiger partial charge on any atom is -0.490 e. The summed E-state index contributed by atoms with van der Waals surface area (Å²) in [4.78, 5) is 30.1. The summed E-state index contributed by atoms with van der Waals surface area (Å²) in [6, 6.07) is 16.6. The van der Waals surface area contributed by atoms with Crippen molar-refractivity contribution in [3.63, 3.8) is 0 Å². The lowest BCUT2D eigenvalue weighted by atomic mass is 10.2. The predicted molar refractivity (Wildman–Crippen MR) is 119 cm³/mol. The van der Waals surface area contributed by atoms with Crippen LogP contribution in [0.4, 0.5) is 0 Å². The summed E-state index contributed by atoms with van der Waals surface area (Å²) in [6.07, 6.45) is 3.75. The molecule has 1 fully saturated rings. The van der Waals surface area contributed by atoms with Crippen LogP contribution in [0.25, 0.3) is 10.9 Å². The quantitative estimate of drug-likeness (QED) is 0.435. The number of benzene rings is 2. The first kappa shape index (κ1) is 21.1. The summed E-state index contributed by atoms with van der Waals surface area (Å²) in [5.74, 6) is -0.147. The lowest BCUT2D eigenvalue weighted by Crippen LogP contribution is -2.42. The summed E-state index contributed by atoms with van der Waals surface area (Å²) in [7, 11) is 0. The molecule has 0 radical (unpaired) electrons. The third-order valence-corrected chi connectivity index (χ3v) is 5.90. The Morgan fingerprint density at radius 1 is 1.10 bits per heavy atom. The summed E-state index contributed by atoms with van der Waals surface area (Å²) < 4.78 is 11.3. The van der Waals surface area contributed by atoms with Crippen LogP contribution in [0.1, 0.15) is 23.2 Å². The highest BCUT2D eigenvalue weighted by Gasteiger charge is 2.18. The van der Waals surface area contributed by atoms with Crippen molar-refractivity contribution >= 4 is 34.5 Å². The van der Waals surface area contributed by atoms with Gasteiger partial charge in [-0.2, -0.15) is 0 Å². The van der Waals surface area contributed by atoms with Gasteiger partial charge in [0.1, 0.15) is 12.4 Å².